The van der Waals surface area contributed by atoms with Gasteiger partial charge in [0.25, 0.3) is 5.56 Å². The molecule has 1 saturated heterocycles. The Morgan fingerprint density at radius 3 is 2.78 bits per heavy atom. The Hall–Kier alpha value is -2.90. The molecule has 0 aliphatic carbocycles. The topological polar surface area (TPSA) is 59.8 Å². The molecule has 4 rings (SSSR count). The fraction of sp³-hybridized carbons (Fsp3) is 0.517. The molecule has 0 N–H and O–H groups in total. The lowest BCUT2D eigenvalue weighted by Crippen LogP contribution is -2.40. The molecule has 7 heteroatoms. The number of para-hydroxylation sites is 1. The highest BCUT2D eigenvalue weighted by Crippen LogP contribution is 2.30. The van der Waals surface area contributed by atoms with Gasteiger partial charge in [0.05, 0.1) is 30.2 Å². The summed E-state index contributed by atoms with van der Waals surface area (Å²) in [5.41, 5.74) is 2.63. The largest absolute Gasteiger partial charge is 0.496 e. The molecule has 36 heavy (non-hydrogen) atoms. The maximum absolute atomic E-state index is 14.1. The Morgan fingerprint density at radius 2 is 2.00 bits per heavy atom. The number of unbranched alkanes of at least 4 members (excludes halogenated alkanes) is 1. The van der Waals surface area contributed by atoms with Crippen LogP contribution in [-0.2, 0) is 11.3 Å². The first kappa shape index (κ1) is 26.2. The Balaban J connectivity index is 1.78. The van der Waals surface area contributed by atoms with Crippen molar-refractivity contribution in [2.24, 2.45) is 5.92 Å². The van der Waals surface area contributed by atoms with Crippen molar-refractivity contribution in [3.05, 3.63) is 52.8 Å². The van der Waals surface area contributed by atoms with Crippen LogP contribution in [0.5, 0.6) is 5.75 Å². The average molecular weight is 493 g/mol. The van der Waals surface area contributed by atoms with Crippen LogP contribution >= 0.6 is 0 Å². The summed E-state index contributed by atoms with van der Waals surface area (Å²) in [5, 5.41) is 0.668. The van der Waals surface area contributed by atoms with Crippen molar-refractivity contribution in [2.75, 3.05) is 59.0 Å². The molecule has 1 aromatic heterocycles. The van der Waals surface area contributed by atoms with E-state index < -0.39 is 0 Å². The van der Waals surface area contributed by atoms with Crippen LogP contribution in [0.15, 0.2) is 47.3 Å². The number of piperidine rings is 1. The van der Waals surface area contributed by atoms with Gasteiger partial charge in [0.2, 0.25) is 0 Å². The third-order valence-corrected chi connectivity index (χ3v) is 7.23. The second-order valence-electron chi connectivity index (χ2n) is 9.83. The van der Waals surface area contributed by atoms with Crippen molar-refractivity contribution in [1.29, 1.82) is 0 Å². The van der Waals surface area contributed by atoms with Crippen LogP contribution in [0.2, 0.25) is 0 Å². The summed E-state index contributed by atoms with van der Waals surface area (Å²) in [7, 11) is 5.49. The zero-order valence-electron chi connectivity index (χ0n) is 22.2. The minimum Gasteiger partial charge on any atom is -0.496 e. The van der Waals surface area contributed by atoms with Gasteiger partial charge in [0, 0.05) is 46.0 Å². The minimum atomic E-state index is 0.0145. The predicted molar refractivity (Wildman–Crippen MR) is 147 cm³/mol. The molecule has 1 aliphatic rings. The molecule has 2 aromatic carbocycles. The van der Waals surface area contributed by atoms with Crippen LogP contribution in [0.25, 0.3) is 22.3 Å². The number of hydrogen-bond acceptors (Lipinski definition) is 6. The molecule has 0 radical (unpaired) electrons. The van der Waals surface area contributed by atoms with Gasteiger partial charge >= 0.3 is 0 Å². The van der Waals surface area contributed by atoms with Gasteiger partial charge in [-0.25, -0.2) is 4.98 Å². The molecule has 7 nitrogen and oxygen atoms in total. The quantitative estimate of drug-likeness (QED) is 0.388. The van der Waals surface area contributed by atoms with Crippen molar-refractivity contribution in [3.8, 4) is 17.1 Å². The number of ether oxygens (including phenoxy) is 2. The molecule has 0 amide bonds. The van der Waals surface area contributed by atoms with E-state index in [1.54, 1.807) is 14.2 Å². The number of rotatable bonds is 11. The first-order valence-corrected chi connectivity index (χ1v) is 13.2. The summed E-state index contributed by atoms with van der Waals surface area (Å²) in [6, 6.07) is 13.9. The molecule has 194 valence electrons. The van der Waals surface area contributed by atoms with Crippen LogP contribution in [0, 0.1) is 5.92 Å². The Labute approximate surface area is 214 Å². The lowest BCUT2D eigenvalue weighted by molar-refractivity contribution is 0.109. The summed E-state index contributed by atoms with van der Waals surface area (Å²) in [6.45, 7) is 7.47. The SMILES string of the molecule is CCCCN(C)c1ccc2nc(-c3ccccc3OC)n(CC3CCCN(CCOC)C3)c(=O)c2c1. The fourth-order valence-electron chi connectivity index (χ4n) is 5.16. The fourth-order valence-corrected chi connectivity index (χ4v) is 5.16. The Kier molecular flexibility index (Phi) is 8.99. The molecule has 1 aliphatic heterocycles. The molecule has 0 bridgehead atoms. The normalized spacial score (nSPS) is 16.4. The summed E-state index contributed by atoms with van der Waals surface area (Å²) < 4.78 is 12.8. The molecule has 3 aromatic rings. The molecule has 0 saturated carbocycles. The molecular formula is C29H40N4O3. The third-order valence-electron chi connectivity index (χ3n) is 7.23. The predicted octanol–water partition coefficient (Wildman–Crippen LogP) is 4.67. The second-order valence-corrected chi connectivity index (χ2v) is 9.83. The van der Waals surface area contributed by atoms with E-state index in [4.69, 9.17) is 14.5 Å². The van der Waals surface area contributed by atoms with Gasteiger partial charge in [0.1, 0.15) is 11.6 Å². The van der Waals surface area contributed by atoms with Crippen molar-refractivity contribution < 1.29 is 9.47 Å². The van der Waals surface area contributed by atoms with Crippen LogP contribution in [-0.4, -0.2) is 68.5 Å². The van der Waals surface area contributed by atoms with E-state index in [-0.39, 0.29) is 5.56 Å². The minimum absolute atomic E-state index is 0.0145. The summed E-state index contributed by atoms with van der Waals surface area (Å²) in [4.78, 5) is 23.8. The van der Waals surface area contributed by atoms with Crippen LogP contribution in [0.3, 0.4) is 0 Å². The number of nitrogens with zero attached hydrogens (tertiary/aromatic N) is 4. The van der Waals surface area contributed by atoms with E-state index >= 15 is 0 Å². The lowest BCUT2D eigenvalue weighted by atomic mass is 9.97. The lowest BCUT2D eigenvalue weighted by Gasteiger charge is -2.33. The molecule has 1 atom stereocenters. The number of methoxy groups -OCH3 is 2. The van der Waals surface area contributed by atoms with Crippen molar-refractivity contribution in [2.45, 2.75) is 39.2 Å². The number of anilines is 1. The van der Waals surface area contributed by atoms with Crippen LogP contribution in [0.1, 0.15) is 32.6 Å². The van der Waals surface area contributed by atoms with E-state index in [1.165, 1.54) is 0 Å². The zero-order chi connectivity index (χ0) is 25.5. The molecular weight excluding hydrogens is 452 g/mol. The molecule has 0 spiro atoms. The number of aromatic nitrogens is 2. The number of benzene rings is 2. The molecule has 1 unspecified atom stereocenters. The maximum atomic E-state index is 14.1. The van der Waals surface area contributed by atoms with Gasteiger partial charge in [-0.05, 0) is 62.1 Å². The van der Waals surface area contributed by atoms with Gasteiger partial charge in [-0.15, -0.1) is 0 Å². The van der Waals surface area contributed by atoms with Gasteiger partial charge in [0.15, 0.2) is 0 Å². The van der Waals surface area contributed by atoms with E-state index in [2.05, 4.69) is 29.8 Å². The van der Waals surface area contributed by atoms with Crippen molar-refractivity contribution in [1.82, 2.24) is 14.5 Å². The number of likely N-dealkylation sites (tertiary alicyclic amines) is 1. The van der Waals surface area contributed by atoms with E-state index in [9.17, 15) is 4.79 Å². The van der Waals surface area contributed by atoms with Crippen LogP contribution in [0.4, 0.5) is 5.69 Å². The first-order valence-electron chi connectivity index (χ1n) is 13.2. The van der Waals surface area contributed by atoms with E-state index in [1.807, 2.05) is 41.0 Å². The van der Waals surface area contributed by atoms with Gasteiger partial charge in [-0.2, -0.15) is 0 Å². The third kappa shape index (κ3) is 5.90. The van der Waals surface area contributed by atoms with E-state index in [0.717, 1.165) is 81.0 Å². The molecule has 1 fully saturated rings. The monoisotopic (exact) mass is 492 g/mol. The Bertz CT molecular complexity index is 1210. The first-order chi connectivity index (χ1) is 17.5. The summed E-state index contributed by atoms with van der Waals surface area (Å²) in [6.07, 6.45) is 4.47. The van der Waals surface area contributed by atoms with Gasteiger partial charge < -0.3 is 19.3 Å². The van der Waals surface area contributed by atoms with E-state index in [0.29, 0.717) is 23.7 Å². The highest BCUT2D eigenvalue weighted by atomic mass is 16.5. The zero-order valence-corrected chi connectivity index (χ0v) is 22.2. The standard InChI is InChI=1S/C29H40N4O3/c1-5-6-15-31(2)23-13-14-26-25(19-23)29(34)33(21-22-10-9-16-32(20-22)17-18-35-3)28(30-26)24-11-7-8-12-27(24)36-4/h7-8,11-14,19,22H,5-6,9-10,15-18,20-21H2,1-4H3. The molecule has 2 heterocycles. The van der Waals surface area contributed by atoms with Crippen molar-refractivity contribution >= 4 is 16.6 Å². The van der Waals surface area contributed by atoms with Crippen LogP contribution < -0.4 is 15.2 Å². The number of fused-ring (bicyclic) bond motifs is 1. The highest BCUT2D eigenvalue weighted by molar-refractivity contribution is 5.84. The Morgan fingerprint density at radius 1 is 1.17 bits per heavy atom. The highest BCUT2D eigenvalue weighted by Gasteiger charge is 2.24. The smallest absolute Gasteiger partial charge is 0.261 e. The summed E-state index contributed by atoms with van der Waals surface area (Å²) >= 11 is 0. The average Bonchev–Trinajstić information content (AvgIpc) is 2.92. The van der Waals surface area contributed by atoms with Crippen molar-refractivity contribution in [3.63, 3.8) is 0 Å². The number of hydrogen-bond donors (Lipinski definition) is 0. The van der Waals surface area contributed by atoms with Gasteiger partial charge in [-0.3, -0.25) is 9.36 Å². The van der Waals surface area contributed by atoms with Gasteiger partial charge in [-0.1, -0.05) is 25.5 Å². The maximum Gasteiger partial charge on any atom is 0.261 e. The summed E-state index contributed by atoms with van der Waals surface area (Å²) in [5.74, 6) is 1.77. The second kappa shape index (κ2) is 12.4.